The van der Waals surface area contributed by atoms with Crippen molar-refractivity contribution in [3.8, 4) is 11.1 Å². The van der Waals surface area contributed by atoms with Gasteiger partial charge in [-0.1, -0.05) is 41.9 Å². The van der Waals surface area contributed by atoms with Crippen molar-refractivity contribution in [1.29, 1.82) is 0 Å². The first-order valence-electron chi connectivity index (χ1n) is 7.41. The number of nitrogens with one attached hydrogen (secondary N) is 1. The maximum atomic E-state index is 13.0. The lowest BCUT2D eigenvalue weighted by molar-refractivity contribution is -0.141. The fraction of sp³-hybridized carbons (Fsp3) is 0.0556. The zero-order chi connectivity index (χ0) is 18.7. The van der Waals surface area contributed by atoms with Crippen molar-refractivity contribution in [3.05, 3.63) is 77.3 Å². The number of halogens is 4. The largest absolute Gasteiger partial charge is 0.435 e. The molecule has 1 heterocycles. The van der Waals surface area contributed by atoms with Crippen LogP contribution in [0.1, 0.15) is 16.2 Å². The van der Waals surface area contributed by atoms with Gasteiger partial charge in [-0.3, -0.25) is 4.79 Å². The highest BCUT2D eigenvalue weighted by molar-refractivity contribution is 6.30. The molecule has 1 N–H and O–H groups in total. The van der Waals surface area contributed by atoms with Gasteiger partial charge in [-0.25, -0.2) is 9.97 Å². The van der Waals surface area contributed by atoms with Gasteiger partial charge in [0, 0.05) is 28.7 Å². The number of nitrogens with zero attached hydrogens (tertiary/aromatic N) is 2. The van der Waals surface area contributed by atoms with Crippen molar-refractivity contribution in [1.82, 2.24) is 9.97 Å². The zero-order valence-electron chi connectivity index (χ0n) is 13.1. The second-order valence-corrected chi connectivity index (χ2v) is 5.70. The number of alkyl halides is 3. The normalized spacial score (nSPS) is 11.2. The summed E-state index contributed by atoms with van der Waals surface area (Å²) in [5, 5.41) is 2.97. The summed E-state index contributed by atoms with van der Waals surface area (Å²) in [5.74, 6) is -1.00. The molecule has 0 aliphatic heterocycles. The van der Waals surface area contributed by atoms with Gasteiger partial charge in [-0.2, -0.15) is 13.2 Å². The number of amides is 1. The molecule has 0 bridgehead atoms. The SMILES string of the molecule is O=C(Nc1ccccc1-c1cccc(Cl)c1)c1nccnc1C(F)(F)F. The Morgan fingerprint density at radius 3 is 2.46 bits per heavy atom. The molecule has 0 aliphatic rings. The van der Waals surface area contributed by atoms with E-state index >= 15 is 0 Å². The molecule has 0 saturated carbocycles. The van der Waals surface area contributed by atoms with E-state index in [0.29, 0.717) is 21.8 Å². The second-order valence-electron chi connectivity index (χ2n) is 5.26. The highest BCUT2D eigenvalue weighted by Crippen LogP contribution is 2.32. The van der Waals surface area contributed by atoms with E-state index in [9.17, 15) is 18.0 Å². The van der Waals surface area contributed by atoms with Gasteiger partial charge in [-0.15, -0.1) is 0 Å². The maximum Gasteiger partial charge on any atom is 0.435 e. The molecule has 0 fully saturated rings. The molecule has 0 atom stereocenters. The number of carbonyl (C=O) groups is 1. The summed E-state index contributed by atoms with van der Waals surface area (Å²) in [4.78, 5) is 19.2. The van der Waals surface area contributed by atoms with E-state index in [2.05, 4.69) is 15.3 Å². The minimum Gasteiger partial charge on any atom is -0.320 e. The number of anilines is 1. The fourth-order valence-corrected chi connectivity index (χ4v) is 2.58. The number of hydrogen-bond donors (Lipinski definition) is 1. The average molecular weight is 378 g/mol. The molecule has 0 saturated heterocycles. The van der Waals surface area contributed by atoms with E-state index in [1.54, 1.807) is 48.5 Å². The van der Waals surface area contributed by atoms with Crippen molar-refractivity contribution in [2.75, 3.05) is 5.32 Å². The minimum atomic E-state index is -4.78. The first-order valence-corrected chi connectivity index (χ1v) is 7.78. The Bertz CT molecular complexity index is 960. The Morgan fingerprint density at radius 1 is 1.00 bits per heavy atom. The zero-order valence-corrected chi connectivity index (χ0v) is 13.8. The van der Waals surface area contributed by atoms with Gasteiger partial charge in [0.25, 0.3) is 5.91 Å². The summed E-state index contributed by atoms with van der Waals surface area (Å²) in [6, 6.07) is 13.6. The lowest BCUT2D eigenvalue weighted by atomic mass is 10.0. The van der Waals surface area contributed by atoms with Gasteiger partial charge < -0.3 is 5.32 Å². The molecular weight excluding hydrogens is 367 g/mol. The van der Waals surface area contributed by atoms with Crippen molar-refractivity contribution in [3.63, 3.8) is 0 Å². The van der Waals surface area contributed by atoms with Crippen LogP contribution in [0.2, 0.25) is 5.02 Å². The van der Waals surface area contributed by atoms with Crippen LogP contribution in [0.15, 0.2) is 60.9 Å². The third kappa shape index (κ3) is 3.83. The summed E-state index contributed by atoms with van der Waals surface area (Å²) >= 11 is 5.99. The van der Waals surface area contributed by atoms with Crippen LogP contribution in [0, 0.1) is 0 Å². The molecule has 0 spiro atoms. The summed E-state index contributed by atoms with van der Waals surface area (Å²) in [5.41, 5.74) is -0.471. The van der Waals surface area contributed by atoms with Crippen LogP contribution in [0.5, 0.6) is 0 Å². The smallest absolute Gasteiger partial charge is 0.320 e. The van der Waals surface area contributed by atoms with Crippen LogP contribution < -0.4 is 5.32 Å². The predicted molar refractivity (Wildman–Crippen MR) is 91.9 cm³/mol. The van der Waals surface area contributed by atoms with E-state index in [1.165, 1.54) is 0 Å². The summed E-state index contributed by atoms with van der Waals surface area (Å²) in [7, 11) is 0. The Hall–Kier alpha value is -2.93. The van der Waals surface area contributed by atoms with E-state index in [1.807, 2.05) is 0 Å². The molecule has 1 aromatic heterocycles. The average Bonchev–Trinajstić information content (AvgIpc) is 2.61. The maximum absolute atomic E-state index is 13.0. The number of aromatic nitrogens is 2. The Kier molecular flexibility index (Phi) is 4.90. The molecule has 8 heteroatoms. The van der Waals surface area contributed by atoms with Crippen molar-refractivity contribution >= 4 is 23.2 Å². The highest BCUT2D eigenvalue weighted by Gasteiger charge is 2.38. The van der Waals surface area contributed by atoms with E-state index in [0.717, 1.165) is 12.4 Å². The number of benzene rings is 2. The number of rotatable bonds is 3. The standard InChI is InChI=1S/C18H11ClF3N3O/c19-12-5-3-4-11(10-12)13-6-1-2-7-14(13)25-17(26)15-16(18(20,21)22)24-9-8-23-15/h1-10H,(H,25,26). The Labute approximate surface area is 151 Å². The van der Waals surface area contributed by atoms with Crippen LogP contribution in [0.4, 0.5) is 18.9 Å². The van der Waals surface area contributed by atoms with Gasteiger partial charge in [0.1, 0.15) is 0 Å². The van der Waals surface area contributed by atoms with Crippen molar-refractivity contribution < 1.29 is 18.0 Å². The number of carbonyl (C=O) groups excluding carboxylic acids is 1. The van der Waals surface area contributed by atoms with Crippen LogP contribution in [-0.2, 0) is 6.18 Å². The monoisotopic (exact) mass is 377 g/mol. The number of para-hydroxylation sites is 1. The minimum absolute atomic E-state index is 0.332. The Balaban J connectivity index is 1.98. The van der Waals surface area contributed by atoms with E-state index in [4.69, 9.17) is 11.6 Å². The van der Waals surface area contributed by atoms with Gasteiger partial charge in [-0.05, 0) is 23.8 Å². The molecule has 2 aromatic carbocycles. The number of hydrogen-bond acceptors (Lipinski definition) is 3. The first-order chi connectivity index (χ1) is 12.4. The van der Waals surface area contributed by atoms with Gasteiger partial charge in [0.2, 0.25) is 0 Å². The first kappa shape index (κ1) is 17.9. The van der Waals surface area contributed by atoms with Gasteiger partial charge in [0.05, 0.1) is 0 Å². The van der Waals surface area contributed by atoms with E-state index in [-0.39, 0.29) is 0 Å². The van der Waals surface area contributed by atoms with Crippen LogP contribution in [-0.4, -0.2) is 15.9 Å². The molecule has 1 amide bonds. The highest BCUT2D eigenvalue weighted by atomic mass is 35.5. The third-order valence-corrected chi connectivity index (χ3v) is 3.73. The molecule has 26 heavy (non-hydrogen) atoms. The topological polar surface area (TPSA) is 54.9 Å². The second kappa shape index (κ2) is 7.13. The summed E-state index contributed by atoms with van der Waals surface area (Å²) < 4.78 is 39.1. The molecule has 4 nitrogen and oxygen atoms in total. The molecule has 0 radical (unpaired) electrons. The quantitative estimate of drug-likeness (QED) is 0.693. The molecule has 0 unspecified atom stereocenters. The molecule has 132 valence electrons. The van der Waals surface area contributed by atoms with E-state index < -0.39 is 23.5 Å². The summed E-state index contributed by atoms with van der Waals surface area (Å²) in [6.07, 6.45) is -2.86. The predicted octanol–water partition coefficient (Wildman–Crippen LogP) is 5.07. The van der Waals surface area contributed by atoms with Crippen LogP contribution in [0.3, 0.4) is 0 Å². The molecule has 3 rings (SSSR count). The van der Waals surface area contributed by atoms with Crippen molar-refractivity contribution in [2.45, 2.75) is 6.18 Å². The lowest BCUT2D eigenvalue weighted by Gasteiger charge is -2.13. The van der Waals surface area contributed by atoms with Crippen LogP contribution >= 0.6 is 11.6 Å². The summed E-state index contributed by atoms with van der Waals surface area (Å²) in [6.45, 7) is 0. The van der Waals surface area contributed by atoms with Crippen molar-refractivity contribution in [2.24, 2.45) is 0 Å². The fourth-order valence-electron chi connectivity index (χ4n) is 2.39. The van der Waals surface area contributed by atoms with Gasteiger partial charge >= 0.3 is 6.18 Å². The molecular formula is C18H11ClF3N3O. The van der Waals surface area contributed by atoms with Gasteiger partial charge in [0.15, 0.2) is 11.4 Å². The molecule has 3 aromatic rings. The third-order valence-electron chi connectivity index (χ3n) is 3.49. The lowest BCUT2D eigenvalue weighted by Crippen LogP contribution is -2.22. The Morgan fingerprint density at radius 2 is 1.73 bits per heavy atom. The van der Waals surface area contributed by atoms with Crippen LogP contribution in [0.25, 0.3) is 11.1 Å². The molecule has 0 aliphatic carbocycles.